The molecule has 0 radical (unpaired) electrons. The summed E-state index contributed by atoms with van der Waals surface area (Å²) >= 11 is 5.83. The maximum atomic E-state index is 11.9. The van der Waals surface area contributed by atoms with Crippen molar-refractivity contribution in [2.24, 2.45) is 11.7 Å². The molecule has 3 atom stereocenters. The number of halogens is 1. The molecule has 0 bridgehead atoms. The number of carbonyl (C=O) groups excluding carboxylic acids is 1. The van der Waals surface area contributed by atoms with Crippen LogP contribution in [0, 0.1) is 5.92 Å². The maximum absolute atomic E-state index is 11.9. The molecule has 18 heavy (non-hydrogen) atoms. The Balaban J connectivity index is 2.61. The number of nitrogens with one attached hydrogen (secondary N) is 1. The van der Waals surface area contributed by atoms with E-state index in [1.807, 2.05) is 45.0 Å². The summed E-state index contributed by atoms with van der Waals surface area (Å²) in [5.74, 6) is 0.0780. The van der Waals surface area contributed by atoms with Crippen molar-refractivity contribution < 1.29 is 4.79 Å². The molecule has 0 heterocycles. The minimum Gasteiger partial charge on any atom is -0.348 e. The molecule has 3 nitrogen and oxygen atoms in total. The Bertz CT molecular complexity index is 391. The van der Waals surface area contributed by atoms with E-state index < -0.39 is 6.04 Å². The van der Waals surface area contributed by atoms with Crippen molar-refractivity contribution in [1.82, 2.24) is 5.32 Å². The van der Waals surface area contributed by atoms with Gasteiger partial charge in [-0.25, -0.2) is 0 Å². The molecule has 0 aliphatic heterocycles. The number of benzene rings is 1. The first kappa shape index (κ1) is 15.0. The molecule has 1 aromatic carbocycles. The van der Waals surface area contributed by atoms with E-state index >= 15 is 0 Å². The highest BCUT2D eigenvalue weighted by molar-refractivity contribution is 6.30. The minimum absolute atomic E-state index is 0.0649. The number of rotatable bonds is 5. The third-order valence-corrected chi connectivity index (χ3v) is 3.54. The fraction of sp³-hybridized carbons (Fsp3) is 0.500. The molecule has 100 valence electrons. The molecule has 3 N–H and O–H groups in total. The van der Waals surface area contributed by atoms with Crippen LogP contribution >= 0.6 is 11.6 Å². The largest absolute Gasteiger partial charge is 0.348 e. The standard InChI is InChI=1S/C14H21ClN2O/c1-4-9(2)13(16)14(18)17-10(3)11-5-7-12(15)8-6-11/h5-10,13H,4,16H2,1-3H3,(H,17,18). The van der Waals surface area contributed by atoms with Crippen molar-refractivity contribution in [3.8, 4) is 0 Å². The molecule has 0 spiro atoms. The van der Waals surface area contributed by atoms with Crippen LogP contribution in [-0.4, -0.2) is 11.9 Å². The number of hydrogen-bond donors (Lipinski definition) is 2. The van der Waals surface area contributed by atoms with Crippen molar-refractivity contribution >= 4 is 17.5 Å². The van der Waals surface area contributed by atoms with E-state index in [-0.39, 0.29) is 17.9 Å². The maximum Gasteiger partial charge on any atom is 0.237 e. The number of nitrogens with two attached hydrogens (primary N) is 1. The first-order valence-corrected chi connectivity index (χ1v) is 6.65. The Kier molecular flexibility index (Phi) is 5.63. The second kappa shape index (κ2) is 6.76. The van der Waals surface area contributed by atoms with Gasteiger partial charge in [-0.2, -0.15) is 0 Å². The minimum atomic E-state index is -0.454. The zero-order valence-corrected chi connectivity index (χ0v) is 11.9. The van der Waals surface area contributed by atoms with Crippen LogP contribution < -0.4 is 11.1 Å². The summed E-state index contributed by atoms with van der Waals surface area (Å²) in [4.78, 5) is 11.9. The van der Waals surface area contributed by atoms with Crippen molar-refractivity contribution in [2.45, 2.75) is 39.3 Å². The van der Waals surface area contributed by atoms with Gasteiger partial charge in [0.05, 0.1) is 12.1 Å². The zero-order valence-electron chi connectivity index (χ0n) is 11.1. The smallest absolute Gasteiger partial charge is 0.237 e. The fourth-order valence-corrected chi connectivity index (χ4v) is 1.78. The summed E-state index contributed by atoms with van der Waals surface area (Å²) in [6.07, 6.45) is 0.893. The van der Waals surface area contributed by atoms with Gasteiger partial charge in [0.1, 0.15) is 0 Å². The van der Waals surface area contributed by atoms with Crippen LogP contribution in [0.3, 0.4) is 0 Å². The van der Waals surface area contributed by atoms with E-state index in [4.69, 9.17) is 17.3 Å². The van der Waals surface area contributed by atoms with Gasteiger partial charge < -0.3 is 11.1 Å². The van der Waals surface area contributed by atoms with E-state index in [1.54, 1.807) is 0 Å². The Morgan fingerprint density at radius 1 is 1.33 bits per heavy atom. The molecule has 0 aliphatic carbocycles. The average Bonchev–Trinajstić information content (AvgIpc) is 2.37. The van der Waals surface area contributed by atoms with Crippen LogP contribution in [0.25, 0.3) is 0 Å². The van der Waals surface area contributed by atoms with Crippen molar-refractivity contribution in [3.63, 3.8) is 0 Å². The lowest BCUT2D eigenvalue weighted by Crippen LogP contribution is -2.45. The van der Waals surface area contributed by atoms with Gasteiger partial charge in [-0.05, 0) is 30.5 Å². The van der Waals surface area contributed by atoms with Gasteiger partial charge in [-0.1, -0.05) is 44.0 Å². The zero-order chi connectivity index (χ0) is 13.7. The van der Waals surface area contributed by atoms with E-state index in [2.05, 4.69) is 5.32 Å². The van der Waals surface area contributed by atoms with E-state index in [0.717, 1.165) is 12.0 Å². The van der Waals surface area contributed by atoms with Crippen LogP contribution in [0.4, 0.5) is 0 Å². The SMILES string of the molecule is CCC(C)C(N)C(=O)NC(C)c1ccc(Cl)cc1. The molecule has 0 saturated heterocycles. The molecule has 1 amide bonds. The summed E-state index contributed by atoms with van der Waals surface area (Å²) in [7, 11) is 0. The lowest BCUT2D eigenvalue weighted by molar-refractivity contribution is -0.124. The van der Waals surface area contributed by atoms with Gasteiger partial charge in [-0.15, -0.1) is 0 Å². The van der Waals surface area contributed by atoms with Gasteiger partial charge in [0, 0.05) is 5.02 Å². The van der Waals surface area contributed by atoms with E-state index in [9.17, 15) is 4.79 Å². The molecule has 1 aromatic rings. The summed E-state index contributed by atoms with van der Waals surface area (Å²) in [5, 5.41) is 3.61. The lowest BCUT2D eigenvalue weighted by atomic mass is 9.98. The predicted molar refractivity (Wildman–Crippen MR) is 75.4 cm³/mol. The third kappa shape index (κ3) is 4.00. The van der Waals surface area contributed by atoms with Gasteiger partial charge in [-0.3, -0.25) is 4.79 Å². The first-order chi connectivity index (χ1) is 8.45. The van der Waals surface area contributed by atoms with Gasteiger partial charge in [0.25, 0.3) is 0 Å². The highest BCUT2D eigenvalue weighted by Gasteiger charge is 2.21. The van der Waals surface area contributed by atoms with Gasteiger partial charge >= 0.3 is 0 Å². The monoisotopic (exact) mass is 268 g/mol. The van der Waals surface area contributed by atoms with Crippen molar-refractivity contribution in [2.75, 3.05) is 0 Å². The predicted octanol–water partition coefficient (Wildman–Crippen LogP) is 2.89. The molecule has 0 fully saturated rings. The van der Waals surface area contributed by atoms with Crippen LogP contribution in [0.5, 0.6) is 0 Å². The third-order valence-electron chi connectivity index (χ3n) is 3.29. The lowest BCUT2D eigenvalue weighted by Gasteiger charge is -2.21. The topological polar surface area (TPSA) is 55.1 Å². The van der Waals surface area contributed by atoms with Crippen molar-refractivity contribution in [3.05, 3.63) is 34.9 Å². The quantitative estimate of drug-likeness (QED) is 0.863. The van der Waals surface area contributed by atoms with Crippen LogP contribution in [0.1, 0.15) is 38.8 Å². The molecule has 4 heteroatoms. The number of carbonyl (C=O) groups is 1. The summed E-state index contributed by atoms with van der Waals surface area (Å²) < 4.78 is 0. The van der Waals surface area contributed by atoms with Crippen LogP contribution in [0.15, 0.2) is 24.3 Å². The Hall–Kier alpha value is -1.06. The Morgan fingerprint density at radius 2 is 1.89 bits per heavy atom. The van der Waals surface area contributed by atoms with Crippen LogP contribution in [0.2, 0.25) is 5.02 Å². The molecule has 0 aliphatic rings. The molecule has 1 rings (SSSR count). The molecular formula is C14H21ClN2O. The van der Waals surface area contributed by atoms with Gasteiger partial charge in [0.15, 0.2) is 0 Å². The molecule has 3 unspecified atom stereocenters. The Morgan fingerprint density at radius 3 is 2.39 bits per heavy atom. The molecule has 0 saturated carbocycles. The van der Waals surface area contributed by atoms with Crippen LogP contribution in [-0.2, 0) is 4.79 Å². The first-order valence-electron chi connectivity index (χ1n) is 6.27. The summed E-state index contributed by atoms with van der Waals surface area (Å²) in [6.45, 7) is 5.95. The Labute approximate surface area is 114 Å². The molecule has 0 aromatic heterocycles. The second-order valence-electron chi connectivity index (χ2n) is 4.69. The number of amides is 1. The normalized spacial score (nSPS) is 15.8. The highest BCUT2D eigenvalue weighted by Crippen LogP contribution is 2.16. The van der Waals surface area contributed by atoms with Gasteiger partial charge in [0.2, 0.25) is 5.91 Å². The summed E-state index contributed by atoms with van der Waals surface area (Å²) in [6, 6.07) is 6.92. The molecular weight excluding hydrogens is 248 g/mol. The second-order valence-corrected chi connectivity index (χ2v) is 5.13. The summed E-state index contributed by atoms with van der Waals surface area (Å²) in [5.41, 5.74) is 6.91. The average molecular weight is 269 g/mol. The number of hydrogen-bond acceptors (Lipinski definition) is 2. The van der Waals surface area contributed by atoms with E-state index in [0.29, 0.717) is 5.02 Å². The van der Waals surface area contributed by atoms with Crippen molar-refractivity contribution in [1.29, 1.82) is 0 Å². The van der Waals surface area contributed by atoms with E-state index in [1.165, 1.54) is 0 Å². The highest BCUT2D eigenvalue weighted by atomic mass is 35.5. The fourth-order valence-electron chi connectivity index (χ4n) is 1.66.